The molecule has 0 aromatic heterocycles. The van der Waals surface area contributed by atoms with Gasteiger partial charge in [0.15, 0.2) is 0 Å². The van der Waals surface area contributed by atoms with Gasteiger partial charge in [-0.15, -0.1) is 0 Å². The number of hydrogen-bond acceptors (Lipinski definition) is 4. The van der Waals surface area contributed by atoms with Crippen molar-refractivity contribution in [1.82, 2.24) is 5.32 Å². The van der Waals surface area contributed by atoms with Crippen molar-refractivity contribution in [2.24, 2.45) is 0 Å². The summed E-state index contributed by atoms with van der Waals surface area (Å²) in [5.74, 6) is 0. The third kappa shape index (κ3) is 9.38. The van der Waals surface area contributed by atoms with E-state index in [9.17, 15) is 5.11 Å². The fraction of sp³-hybridized carbons (Fsp3) is 1.00. The van der Waals surface area contributed by atoms with Crippen molar-refractivity contribution >= 4 is 0 Å². The largest absolute Gasteiger partial charge is 0.394 e. The van der Waals surface area contributed by atoms with Gasteiger partial charge in [0.2, 0.25) is 0 Å². The number of aliphatic hydroxyl groups is 1. The molecule has 2 N–H and O–H groups in total. The molecule has 0 aromatic carbocycles. The number of methoxy groups -OCH3 is 1. The Hall–Kier alpha value is -0.160. The van der Waals surface area contributed by atoms with E-state index in [4.69, 9.17) is 9.47 Å². The molecule has 0 radical (unpaired) electrons. The van der Waals surface area contributed by atoms with Crippen LogP contribution in [0.2, 0.25) is 0 Å². The quantitative estimate of drug-likeness (QED) is 0.568. The van der Waals surface area contributed by atoms with E-state index in [0.717, 1.165) is 25.9 Å². The van der Waals surface area contributed by atoms with E-state index in [2.05, 4.69) is 39.9 Å². The van der Waals surface area contributed by atoms with Crippen LogP contribution in [0.3, 0.4) is 0 Å². The average molecular weight is 275 g/mol. The molecule has 0 spiro atoms. The fourth-order valence-electron chi connectivity index (χ4n) is 1.98. The topological polar surface area (TPSA) is 50.7 Å². The van der Waals surface area contributed by atoms with Crippen LogP contribution in [-0.2, 0) is 9.47 Å². The van der Waals surface area contributed by atoms with Gasteiger partial charge in [0, 0.05) is 31.9 Å². The number of ether oxygens (including phenoxy) is 2. The predicted molar refractivity (Wildman–Crippen MR) is 79.5 cm³/mol. The van der Waals surface area contributed by atoms with Gasteiger partial charge < -0.3 is 19.9 Å². The van der Waals surface area contributed by atoms with E-state index in [0.29, 0.717) is 12.6 Å². The molecule has 0 aliphatic rings. The zero-order chi connectivity index (χ0) is 14.9. The monoisotopic (exact) mass is 275 g/mol. The first-order valence-electron chi connectivity index (χ1n) is 7.26. The van der Waals surface area contributed by atoms with Crippen LogP contribution in [0, 0.1) is 0 Å². The molecule has 0 bridgehead atoms. The summed E-state index contributed by atoms with van der Waals surface area (Å²) in [7, 11) is 1.73. The highest BCUT2D eigenvalue weighted by molar-refractivity contribution is 4.83. The van der Waals surface area contributed by atoms with E-state index in [1.165, 1.54) is 0 Å². The Labute approximate surface area is 118 Å². The van der Waals surface area contributed by atoms with Gasteiger partial charge in [0.1, 0.15) is 0 Å². The van der Waals surface area contributed by atoms with Gasteiger partial charge >= 0.3 is 0 Å². The Morgan fingerprint density at radius 2 is 1.74 bits per heavy atom. The molecular formula is C15H33NO3. The van der Waals surface area contributed by atoms with E-state index < -0.39 is 0 Å². The Bertz CT molecular complexity index is 231. The Morgan fingerprint density at radius 1 is 1.11 bits per heavy atom. The summed E-state index contributed by atoms with van der Waals surface area (Å²) in [6.45, 7) is 12.0. The molecule has 116 valence electrons. The Morgan fingerprint density at radius 3 is 2.21 bits per heavy atom. The first-order valence-corrected chi connectivity index (χ1v) is 7.26. The highest BCUT2D eigenvalue weighted by atomic mass is 16.5. The minimum absolute atomic E-state index is 0.112. The van der Waals surface area contributed by atoms with Gasteiger partial charge in [0.05, 0.1) is 12.2 Å². The van der Waals surface area contributed by atoms with Crippen LogP contribution in [0.15, 0.2) is 0 Å². The van der Waals surface area contributed by atoms with Crippen LogP contribution < -0.4 is 5.32 Å². The summed E-state index contributed by atoms with van der Waals surface area (Å²) in [4.78, 5) is 0. The average Bonchev–Trinajstić information content (AvgIpc) is 2.32. The summed E-state index contributed by atoms with van der Waals surface area (Å²) in [5.41, 5.74) is -0.317. The third-order valence-corrected chi connectivity index (χ3v) is 3.40. The van der Waals surface area contributed by atoms with Crippen molar-refractivity contribution in [3.63, 3.8) is 0 Å². The van der Waals surface area contributed by atoms with Crippen LogP contribution >= 0.6 is 0 Å². The van der Waals surface area contributed by atoms with E-state index in [1.807, 2.05) is 0 Å². The van der Waals surface area contributed by atoms with Crippen LogP contribution in [0.5, 0.6) is 0 Å². The molecule has 0 rings (SSSR count). The number of rotatable bonds is 11. The summed E-state index contributed by atoms with van der Waals surface area (Å²) < 4.78 is 11.0. The summed E-state index contributed by atoms with van der Waals surface area (Å²) in [6.07, 6.45) is 2.75. The molecule has 0 aliphatic heterocycles. The summed E-state index contributed by atoms with van der Waals surface area (Å²) in [5, 5.41) is 12.9. The van der Waals surface area contributed by atoms with Crippen molar-refractivity contribution in [3.8, 4) is 0 Å². The lowest BCUT2D eigenvalue weighted by atomic mass is 9.96. The van der Waals surface area contributed by atoms with Gasteiger partial charge in [-0.1, -0.05) is 13.8 Å². The highest BCUT2D eigenvalue weighted by Crippen LogP contribution is 2.14. The lowest BCUT2D eigenvalue weighted by Gasteiger charge is -2.31. The molecule has 19 heavy (non-hydrogen) atoms. The highest BCUT2D eigenvalue weighted by Gasteiger charge is 2.23. The maximum Gasteiger partial charge on any atom is 0.0644 e. The van der Waals surface area contributed by atoms with E-state index >= 15 is 0 Å². The predicted octanol–water partition coefficient (Wildman–Crippen LogP) is 2.35. The van der Waals surface area contributed by atoms with Gasteiger partial charge in [-0.05, 0) is 40.0 Å². The van der Waals surface area contributed by atoms with Crippen molar-refractivity contribution < 1.29 is 14.6 Å². The van der Waals surface area contributed by atoms with E-state index in [-0.39, 0.29) is 17.7 Å². The van der Waals surface area contributed by atoms with Crippen molar-refractivity contribution in [2.45, 2.75) is 71.1 Å². The lowest BCUT2D eigenvalue weighted by Crippen LogP contribution is -2.49. The summed E-state index contributed by atoms with van der Waals surface area (Å²) in [6, 6.07) is 0.376. The van der Waals surface area contributed by atoms with Gasteiger partial charge in [-0.2, -0.15) is 0 Å². The molecule has 4 nitrogen and oxygen atoms in total. The molecular weight excluding hydrogens is 242 g/mol. The van der Waals surface area contributed by atoms with Crippen molar-refractivity contribution in [2.75, 3.05) is 26.9 Å². The second-order valence-corrected chi connectivity index (χ2v) is 6.45. The normalized spacial score (nSPS) is 15.8. The molecule has 1 atom stereocenters. The van der Waals surface area contributed by atoms with Gasteiger partial charge in [0.25, 0.3) is 0 Å². The van der Waals surface area contributed by atoms with E-state index in [1.54, 1.807) is 7.11 Å². The van der Waals surface area contributed by atoms with Crippen molar-refractivity contribution in [1.29, 1.82) is 0 Å². The van der Waals surface area contributed by atoms with Crippen LogP contribution in [0.4, 0.5) is 0 Å². The zero-order valence-corrected chi connectivity index (χ0v) is 13.6. The second kappa shape index (κ2) is 8.90. The molecule has 0 heterocycles. The zero-order valence-electron chi connectivity index (χ0n) is 13.6. The minimum atomic E-state index is -0.205. The molecule has 0 aliphatic carbocycles. The first-order chi connectivity index (χ1) is 8.74. The summed E-state index contributed by atoms with van der Waals surface area (Å²) >= 11 is 0. The minimum Gasteiger partial charge on any atom is -0.394 e. The second-order valence-electron chi connectivity index (χ2n) is 6.45. The van der Waals surface area contributed by atoms with Crippen LogP contribution in [-0.4, -0.2) is 49.2 Å². The van der Waals surface area contributed by atoms with Gasteiger partial charge in [-0.3, -0.25) is 0 Å². The maximum atomic E-state index is 9.46. The molecule has 0 saturated heterocycles. The SMILES string of the molecule is COC(C)(C)CCOCCCC(C)(CO)NC(C)C. The number of hydrogen-bond donors (Lipinski definition) is 2. The van der Waals surface area contributed by atoms with Crippen LogP contribution in [0.25, 0.3) is 0 Å². The fourth-order valence-corrected chi connectivity index (χ4v) is 1.98. The molecule has 4 heteroatoms. The molecule has 0 amide bonds. The van der Waals surface area contributed by atoms with Gasteiger partial charge in [-0.25, -0.2) is 0 Å². The number of nitrogens with one attached hydrogen (secondary N) is 1. The lowest BCUT2D eigenvalue weighted by molar-refractivity contribution is -0.0109. The molecule has 0 saturated carbocycles. The standard InChI is InChI=1S/C15H33NO3/c1-13(2)16-15(5,12-17)8-7-10-19-11-9-14(3,4)18-6/h13,16-17H,7-12H2,1-6H3. The Balaban J connectivity index is 3.73. The third-order valence-electron chi connectivity index (χ3n) is 3.40. The Kier molecular flexibility index (Phi) is 8.83. The van der Waals surface area contributed by atoms with Crippen LogP contribution in [0.1, 0.15) is 53.9 Å². The smallest absolute Gasteiger partial charge is 0.0644 e. The van der Waals surface area contributed by atoms with Crippen molar-refractivity contribution in [3.05, 3.63) is 0 Å². The maximum absolute atomic E-state index is 9.46. The molecule has 1 unspecified atom stereocenters. The molecule has 0 aromatic rings. The first kappa shape index (κ1) is 18.8. The number of aliphatic hydroxyl groups excluding tert-OH is 1. The molecule has 0 fully saturated rings.